The van der Waals surface area contributed by atoms with Crippen LogP contribution < -0.4 is 11.1 Å². The first-order chi connectivity index (χ1) is 8.02. The van der Waals surface area contributed by atoms with Crippen molar-refractivity contribution < 1.29 is 4.79 Å². The number of likely N-dealkylation sites (N-methyl/N-ethyl adjacent to an activating group) is 1. The first-order valence-corrected chi connectivity index (χ1v) is 5.70. The number of nitrogens with zero attached hydrogens (tertiary/aromatic N) is 2. The van der Waals surface area contributed by atoms with E-state index in [2.05, 4.69) is 29.0 Å². The maximum Gasteiger partial charge on any atom is 0.253 e. The number of amides is 1. The zero-order chi connectivity index (χ0) is 12.8. The Bertz CT molecular complexity index is 379. The third kappa shape index (κ3) is 4.03. The monoisotopic (exact) mass is 236 g/mol. The van der Waals surface area contributed by atoms with E-state index in [1.165, 1.54) is 6.20 Å². The smallest absolute Gasteiger partial charge is 0.253 e. The van der Waals surface area contributed by atoms with Gasteiger partial charge in [-0.3, -0.25) is 9.78 Å². The van der Waals surface area contributed by atoms with Crippen molar-refractivity contribution in [2.24, 2.45) is 0 Å². The molecule has 0 aliphatic heterocycles. The minimum absolute atomic E-state index is 0.151. The summed E-state index contributed by atoms with van der Waals surface area (Å²) in [6.45, 7) is 5.65. The highest BCUT2D eigenvalue weighted by Gasteiger charge is 2.09. The van der Waals surface area contributed by atoms with Crippen LogP contribution in [0.15, 0.2) is 18.5 Å². The van der Waals surface area contributed by atoms with Gasteiger partial charge in [-0.2, -0.15) is 0 Å². The number of aromatic nitrogens is 1. The Hall–Kier alpha value is -1.62. The summed E-state index contributed by atoms with van der Waals surface area (Å²) in [6, 6.07) is 2.09. The summed E-state index contributed by atoms with van der Waals surface area (Å²) in [5, 5.41) is 2.84. The van der Waals surface area contributed by atoms with Crippen molar-refractivity contribution >= 4 is 11.6 Å². The van der Waals surface area contributed by atoms with Crippen LogP contribution in [0.25, 0.3) is 0 Å². The zero-order valence-electron chi connectivity index (χ0n) is 10.6. The van der Waals surface area contributed by atoms with Crippen molar-refractivity contribution in [2.45, 2.75) is 19.9 Å². The van der Waals surface area contributed by atoms with Crippen LogP contribution in [0.4, 0.5) is 5.69 Å². The molecule has 1 rings (SSSR count). The molecule has 0 unspecified atom stereocenters. The number of nitrogens with two attached hydrogens (primary N) is 1. The number of pyridine rings is 1. The van der Waals surface area contributed by atoms with E-state index in [1.807, 2.05) is 7.05 Å². The molecule has 0 spiro atoms. The van der Waals surface area contributed by atoms with E-state index in [0.29, 0.717) is 23.8 Å². The first kappa shape index (κ1) is 13.4. The Morgan fingerprint density at radius 1 is 1.59 bits per heavy atom. The molecule has 1 heterocycles. The Morgan fingerprint density at radius 2 is 2.29 bits per heavy atom. The Morgan fingerprint density at radius 3 is 2.88 bits per heavy atom. The van der Waals surface area contributed by atoms with Gasteiger partial charge in [0.15, 0.2) is 0 Å². The summed E-state index contributed by atoms with van der Waals surface area (Å²) < 4.78 is 0. The fourth-order valence-corrected chi connectivity index (χ4v) is 1.31. The number of nitrogens with one attached hydrogen (secondary N) is 1. The second kappa shape index (κ2) is 6.20. The lowest BCUT2D eigenvalue weighted by atomic mass is 10.2. The SMILES string of the molecule is CC(C)N(C)CCNC(=O)c1ccncc1N. The van der Waals surface area contributed by atoms with Crippen molar-refractivity contribution in [3.8, 4) is 0 Å². The highest BCUT2D eigenvalue weighted by molar-refractivity contribution is 5.98. The van der Waals surface area contributed by atoms with Gasteiger partial charge in [-0.05, 0) is 27.0 Å². The van der Waals surface area contributed by atoms with Crippen molar-refractivity contribution in [3.63, 3.8) is 0 Å². The van der Waals surface area contributed by atoms with E-state index in [0.717, 1.165) is 6.54 Å². The molecule has 0 bridgehead atoms. The number of carbonyl (C=O) groups is 1. The van der Waals surface area contributed by atoms with Crippen LogP contribution in [0.3, 0.4) is 0 Å². The van der Waals surface area contributed by atoms with Gasteiger partial charge in [0.1, 0.15) is 0 Å². The maximum atomic E-state index is 11.8. The molecule has 1 amide bonds. The number of carbonyl (C=O) groups excluding carboxylic acids is 1. The van der Waals surface area contributed by atoms with Crippen LogP contribution in [0.2, 0.25) is 0 Å². The van der Waals surface area contributed by atoms with Crippen LogP contribution in [0.5, 0.6) is 0 Å². The van der Waals surface area contributed by atoms with Crippen LogP contribution in [0.1, 0.15) is 24.2 Å². The normalized spacial score (nSPS) is 10.9. The average molecular weight is 236 g/mol. The molecule has 0 aliphatic rings. The van der Waals surface area contributed by atoms with Crippen LogP contribution >= 0.6 is 0 Å². The summed E-state index contributed by atoms with van der Waals surface area (Å²) in [5.41, 5.74) is 6.55. The maximum absolute atomic E-state index is 11.8. The van der Waals surface area contributed by atoms with Gasteiger partial charge in [-0.1, -0.05) is 0 Å². The largest absolute Gasteiger partial charge is 0.397 e. The van der Waals surface area contributed by atoms with E-state index in [-0.39, 0.29) is 5.91 Å². The van der Waals surface area contributed by atoms with Gasteiger partial charge in [0.05, 0.1) is 17.4 Å². The molecule has 0 aliphatic carbocycles. The van der Waals surface area contributed by atoms with Crippen molar-refractivity contribution in [1.82, 2.24) is 15.2 Å². The highest BCUT2D eigenvalue weighted by atomic mass is 16.1. The molecule has 0 saturated carbocycles. The summed E-state index contributed by atoms with van der Waals surface area (Å²) >= 11 is 0. The molecule has 3 N–H and O–H groups in total. The molecular weight excluding hydrogens is 216 g/mol. The lowest BCUT2D eigenvalue weighted by Crippen LogP contribution is -2.36. The summed E-state index contributed by atoms with van der Waals surface area (Å²) in [6.07, 6.45) is 3.04. The van der Waals surface area contributed by atoms with E-state index >= 15 is 0 Å². The van der Waals surface area contributed by atoms with Gasteiger partial charge in [0, 0.05) is 25.3 Å². The number of nitrogen functional groups attached to an aromatic ring is 1. The average Bonchev–Trinajstić information content (AvgIpc) is 2.29. The molecule has 0 radical (unpaired) electrons. The Labute approximate surface area is 102 Å². The predicted octanol–water partition coefficient (Wildman–Crippen LogP) is 0.734. The van der Waals surface area contributed by atoms with Gasteiger partial charge in [0.2, 0.25) is 0 Å². The molecule has 0 saturated heterocycles. The molecule has 94 valence electrons. The molecule has 17 heavy (non-hydrogen) atoms. The highest BCUT2D eigenvalue weighted by Crippen LogP contribution is 2.07. The second-order valence-electron chi connectivity index (χ2n) is 4.29. The van der Waals surface area contributed by atoms with Crippen molar-refractivity contribution in [3.05, 3.63) is 24.0 Å². The van der Waals surface area contributed by atoms with Gasteiger partial charge in [0.25, 0.3) is 5.91 Å². The van der Waals surface area contributed by atoms with E-state index in [9.17, 15) is 4.79 Å². The van der Waals surface area contributed by atoms with Crippen molar-refractivity contribution in [2.75, 3.05) is 25.9 Å². The fraction of sp³-hybridized carbons (Fsp3) is 0.500. The Kier molecular flexibility index (Phi) is 4.90. The van der Waals surface area contributed by atoms with Crippen LogP contribution in [-0.4, -0.2) is 42.0 Å². The second-order valence-corrected chi connectivity index (χ2v) is 4.29. The predicted molar refractivity (Wildman–Crippen MR) is 68.7 cm³/mol. The molecule has 5 nitrogen and oxygen atoms in total. The minimum Gasteiger partial charge on any atom is -0.397 e. The van der Waals surface area contributed by atoms with E-state index in [4.69, 9.17) is 5.73 Å². The quantitative estimate of drug-likeness (QED) is 0.790. The molecule has 0 aromatic carbocycles. The standard InChI is InChI=1S/C12H20N4O/c1-9(2)16(3)7-6-15-12(17)10-4-5-14-8-11(10)13/h4-5,8-9H,6-7,13H2,1-3H3,(H,15,17). The van der Waals surface area contributed by atoms with Gasteiger partial charge in [-0.15, -0.1) is 0 Å². The van der Waals surface area contributed by atoms with Crippen LogP contribution in [0, 0.1) is 0 Å². The van der Waals surface area contributed by atoms with Gasteiger partial charge in [-0.25, -0.2) is 0 Å². The lowest BCUT2D eigenvalue weighted by Gasteiger charge is -2.20. The third-order valence-corrected chi connectivity index (χ3v) is 2.73. The number of anilines is 1. The molecule has 5 heteroatoms. The third-order valence-electron chi connectivity index (χ3n) is 2.73. The molecule has 1 aromatic rings. The minimum atomic E-state index is -0.151. The number of hydrogen-bond donors (Lipinski definition) is 2. The van der Waals surface area contributed by atoms with E-state index in [1.54, 1.807) is 12.3 Å². The summed E-state index contributed by atoms with van der Waals surface area (Å²) in [7, 11) is 2.03. The molecule has 0 atom stereocenters. The summed E-state index contributed by atoms with van der Waals surface area (Å²) in [4.78, 5) is 17.8. The molecule has 0 fully saturated rings. The molecule has 1 aromatic heterocycles. The topological polar surface area (TPSA) is 71.2 Å². The fourth-order valence-electron chi connectivity index (χ4n) is 1.31. The number of rotatable bonds is 5. The Balaban J connectivity index is 2.43. The number of hydrogen-bond acceptors (Lipinski definition) is 4. The van der Waals surface area contributed by atoms with Gasteiger partial charge >= 0.3 is 0 Å². The van der Waals surface area contributed by atoms with Crippen molar-refractivity contribution in [1.29, 1.82) is 0 Å². The molecular formula is C12H20N4O. The van der Waals surface area contributed by atoms with Gasteiger partial charge < -0.3 is 16.0 Å². The lowest BCUT2D eigenvalue weighted by molar-refractivity contribution is 0.0949. The summed E-state index contributed by atoms with van der Waals surface area (Å²) in [5.74, 6) is -0.151. The van der Waals surface area contributed by atoms with E-state index < -0.39 is 0 Å². The van der Waals surface area contributed by atoms with Crippen LogP contribution in [-0.2, 0) is 0 Å². The first-order valence-electron chi connectivity index (χ1n) is 5.70. The zero-order valence-corrected chi connectivity index (χ0v) is 10.6.